The highest BCUT2D eigenvalue weighted by Gasteiger charge is 2.39. The van der Waals surface area contributed by atoms with Crippen LogP contribution in [-0.2, 0) is 9.53 Å². The van der Waals surface area contributed by atoms with Crippen LogP contribution in [0.1, 0.15) is 19.8 Å². The second-order valence-corrected chi connectivity index (χ2v) is 7.09. The van der Waals surface area contributed by atoms with Gasteiger partial charge in [0.25, 0.3) is 0 Å². The van der Waals surface area contributed by atoms with E-state index in [0.29, 0.717) is 39.1 Å². The van der Waals surface area contributed by atoms with Crippen LogP contribution in [0.25, 0.3) is 0 Å². The predicted molar refractivity (Wildman–Crippen MR) is 96.0 cm³/mol. The number of para-hydroxylation sites is 2. The van der Waals surface area contributed by atoms with Crippen LogP contribution >= 0.6 is 0 Å². The Morgan fingerprint density at radius 2 is 2.20 bits per heavy atom. The number of fused-ring (bicyclic) bond motifs is 1. The lowest BCUT2D eigenvalue weighted by Crippen LogP contribution is -2.54. The molecule has 2 aliphatic heterocycles. The van der Waals surface area contributed by atoms with Gasteiger partial charge in [0.1, 0.15) is 12.4 Å². The highest BCUT2D eigenvalue weighted by atomic mass is 16.5. The molecule has 0 saturated carbocycles. The van der Waals surface area contributed by atoms with Gasteiger partial charge in [0.2, 0.25) is 5.91 Å². The molecule has 0 bridgehead atoms. The van der Waals surface area contributed by atoms with Crippen molar-refractivity contribution in [3.63, 3.8) is 0 Å². The summed E-state index contributed by atoms with van der Waals surface area (Å²) in [5, 5.41) is 10.8. The molecule has 138 valence electrons. The number of amides is 1. The van der Waals surface area contributed by atoms with Crippen LogP contribution in [0.3, 0.4) is 0 Å². The number of rotatable bonds is 5. The number of ether oxygens (including phenoxy) is 2. The molecular formula is C19H28N2O4. The summed E-state index contributed by atoms with van der Waals surface area (Å²) in [6, 6.07) is 7.66. The van der Waals surface area contributed by atoms with Crippen LogP contribution < -0.4 is 9.64 Å². The van der Waals surface area contributed by atoms with Crippen LogP contribution in [-0.4, -0.2) is 68.0 Å². The van der Waals surface area contributed by atoms with Gasteiger partial charge in [0.05, 0.1) is 24.4 Å². The van der Waals surface area contributed by atoms with Crippen molar-refractivity contribution in [1.82, 2.24) is 4.90 Å². The van der Waals surface area contributed by atoms with Crippen LogP contribution in [0.15, 0.2) is 24.3 Å². The average Bonchev–Trinajstić information content (AvgIpc) is 2.63. The van der Waals surface area contributed by atoms with E-state index in [9.17, 15) is 9.90 Å². The summed E-state index contributed by atoms with van der Waals surface area (Å²) in [6.45, 7) is 5.53. The fourth-order valence-electron chi connectivity index (χ4n) is 3.75. The van der Waals surface area contributed by atoms with Gasteiger partial charge >= 0.3 is 0 Å². The zero-order valence-corrected chi connectivity index (χ0v) is 15.1. The van der Waals surface area contributed by atoms with Gasteiger partial charge in [-0.05, 0) is 30.9 Å². The normalized spacial score (nSPS) is 26.8. The lowest BCUT2D eigenvalue weighted by Gasteiger charge is -2.43. The molecule has 1 fully saturated rings. The molecule has 0 aliphatic carbocycles. The quantitative estimate of drug-likeness (QED) is 0.874. The summed E-state index contributed by atoms with van der Waals surface area (Å²) >= 11 is 0. The molecule has 2 heterocycles. The Bertz CT molecular complexity index is 609. The first kappa shape index (κ1) is 18.2. The topological polar surface area (TPSA) is 62.2 Å². The Kier molecular flexibility index (Phi) is 5.61. The van der Waals surface area contributed by atoms with E-state index in [1.807, 2.05) is 29.2 Å². The summed E-state index contributed by atoms with van der Waals surface area (Å²) < 4.78 is 10.7. The Morgan fingerprint density at radius 3 is 2.96 bits per heavy atom. The van der Waals surface area contributed by atoms with Gasteiger partial charge in [-0.25, -0.2) is 0 Å². The van der Waals surface area contributed by atoms with Gasteiger partial charge in [-0.1, -0.05) is 19.1 Å². The molecule has 2 atom stereocenters. The second kappa shape index (κ2) is 7.72. The predicted octanol–water partition coefficient (Wildman–Crippen LogP) is 1.52. The van der Waals surface area contributed by atoms with E-state index < -0.39 is 5.60 Å². The molecular weight excluding hydrogens is 320 g/mol. The maximum Gasteiger partial charge on any atom is 0.241 e. The summed E-state index contributed by atoms with van der Waals surface area (Å²) in [4.78, 5) is 16.8. The third kappa shape index (κ3) is 3.97. The number of likely N-dealkylation sites (tertiary alicyclic amines) is 1. The van der Waals surface area contributed by atoms with Crippen molar-refractivity contribution in [2.45, 2.75) is 25.4 Å². The molecule has 1 saturated heterocycles. The lowest BCUT2D eigenvalue weighted by molar-refractivity contribution is -0.123. The first-order valence-electron chi connectivity index (χ1n) is 8.99. The molecule has 1 amide bonds. The number of methoxy groups -OCH3 is 1. The monoisotopic (exact) mass is 348 g/mol. The summed E-state index contributed by atoms with van der Waals surface area (Å²) in [7, 11) is 1.65. The minimum Gasteiger partial charge on any atom is -0.490 e. The third-order valence-corrected chi connectivity index (χ3v) is 5.44. The molecule has 1 N–H and O–H groups in total. The van der Waals surface area contributed by atoms with E-state index in [4.69, 9.17) is 9.47 Å². The van der Waals surface area contributed by atoms with Crippen molar-refractivity contribution in [3.8, 4) is 5.75 Å². The van der Waals surface area contributed by atoms with E-state index >= 15 is 0 Å². The average molecular weight is 348 g/mol. The van der Waals surface area contributed by atoms with Crippen LogP contribution in [0, 0.1) is 5.92 Å². The minimum atomic E-state index is -0.693. The highest BCUT2D eigenvalue weighted by Crippen LogP contribution is 2.33. The Morgan fingerprint density at radius 1 is 1.40 bits per heavy atom. The maximum atomic E-state index is 12.8. The van der Waals surface area contributed by atoms with E-state index in [1.165, 1.54) is 0 Å². The van der Waals surface area contributed by atoms with Crippen molar-refractivity contribution < 1.29 is 19.4 Å². The fourth-order valence-corrected chi connectivity index (χ4v) is 3.75. The number of carbonyl (C=O) groups is 1. The standard InChI is InChI=1S/C19H28N2O4/c1-15-13-20(9-7-19(15,23)8-11-24-2)14-18(22)21-10-12-25-17-6-4-3-5-16(17)21/h3-6,15,23H,7-14H2,1-2H3/t15-,19-/m1/s1. The lowest BCUT2D eigenvalue weighted by atomic mass is 9.80. The number of hydrogen-bond donors (Lipinski definition) is 1. The van der Waals surface area contributed by atoms with Crippen LogP contribution in [0.5, 0.6) is 5.75 Å². The zero-order valence-electron chi connectivity index (χ0n) is 15.1. The van der Waals surface area contributed by atoms with Crippen molar-refractivity contribution in [2.75, 3.05) is 51.4 Å². The summed E-state index contributed by atoms with van der Waals surface area (Å²) in [5.41, 5.74) is 0.154. The number of carbonyl (C=O) groups excluding carboxylic acids is 1. The van der Waals surface area contributed by atoms with Crippen LogP contribution in [0.4, 0.5) is 5.69 Å². The van der Waals surface area contributed by atoms with Gasteiger partial charge in [0, 0.05) is 26.8 Å². The number of nitrogens with zero attached hydrogens (tertiary/aromatic N) is 2. The number of piperidine rings is 1. The third-order valence-electron chi connectivity index (χ3n) is 5.44. The first-order chi connectivity index (χ1) is 12.0. The molecule has 6 nitrogen and oxygen atoms in total. The number of anilines is 1. The summed E-state index contributed by atoms with van der Waals surface area (Å²) in [5.74, 6) is 0.967. The van der Waals surface area contributed by atoms with E-state index in [-0.39, 0.29) is 11.8 Å². The molecule has 2 aliphatic rings. The first-order valence-corrected chi connectivity index (χ1v) is 8.99. The SMILES string of the molecule is COCC[C@]1(O)CCN(CC(=O)N2CCOc3ccccc32)C[C@H]1C. The fraction of sp³-hybridized carbons (Fsp3) is 0.632. The van der Waals surface area contributed by atoms with E-state index in [2.05, 4.69) is 11.8 Å². The van der Waals surface area contributed by atoms with Gasteiger partial charge in [0.15, 0.2) is 0 Å². The molecule has 1 aromatic rings. The Balaban J connectivity index is 1.60. The number of aliphatic hydroxyl groups is 1. The molecule has 25 heavy (non-hydrogen) atoms. The minimum absolute atomic E-state index is 0.0882. The summed E-state index contributed by atoms with van der Waals surface area (Å²) in [6.07, 6.45) is 1.31. The smallest absolute Gasteiger partial charge is 0.241 e. The van der Waals surface area contributed by atoms with Gasteiger partial charge in [-0.3, -0.25) is 9.69 Å². The Labute approximate surface area is 149 Å². The molecule has 0 aromatic heterocycles. The van der Waals surface area contributed by atoms with Crippen molar-refractivity contribution in [2.24, 2.45) is 5.92 Å². The van der Waals surface area contributed by atoms with Gasteiger partial charge in [-0.2, -0.15) is 0 Å². The van der Waals surface area contributed by atoms with Crippen molar-refractivity contribution in [3.05, 3.63) is 24.3 Å². The van der Waals surface area contributed by atoms with E-state index in [0.717, 1.165) is 24.5 Å². The van der Waals surface area contributed by atoms with Crippen molar-refractivity contribution >= 4 is 11.6 Å². The van der Waals surface area contributed by atoms with E-state index in [1.54, 1.807) is 7.11 Å². The van der Waals surface area contributed by atoms with Crippen LogP contribution in [0.2, 0.25) is 0 Å². The molecule has 0 radical (unpaired) electrons. The van der Waals surface area contributed by atoms with Gasteiger partial charge < -0.3 is 19.5 Å². The largest absolute Gasteiger partial charge is 0.490 e. The molecule has 1 aromatic carbocycles. The molecule has 0 spiro atoms. The Hall–Kier alpha value is -1.63. The van der Waals surface area contributed by atoms with Crippen molar-refractivity contribution in [1.29, 1.82) is 0 Å². The zero-order chi connectivity index (χ0) is 17.9. The molecule has 0 unspecified atom stereocenters. The number of benzene rings is 1. The molecule has 3 rings (SSSR count). The molecule has 6 heteroatoms. The van der Waals surface area contributed by atoms with Gasteiger partial charge in [-0.15, -0.1) is 0 Å². The number of hydrogen-bond acceptors (Lipinski definition) is 5. The second-order valence-electron chi connectivity index (χ2n) is 7.09. The highest BCUT2D eigenvalue weighted by molar-refractivity contribution is 5.96. The maximum absolute atomic E-state index is 12.8.